The van der Waals surface area contributed by atoms with E-state index in [-0.39, 0.29) is 0 Å². The van der Waals surface area contributed by atoms with Crippen molar-refractivity contribution >= 4 is 11.6 Å². The molecule has 0 spiro atoms. The molecule has 1 heterocycles. The van der Waals surface area contributed by atoms with Crippen LogP contribution in [0.25, 0.3) is 0 Å². The second-order valence-electron chi connectivity index (χ2n) is 6.88. The fourth-order valence-corrected chi connectivity index (χ4v) is 3.58. The zero-order valence-electron chi connectivity index (χ0n) is 16.6. The van der Waals surface area contributed by atoms with E-state index in [1.54, 1.807) is 7.11 Å². The number of hydrogen-bond acceptors (Lipinski definition) is 3. The molecule has 0 saturated carbocycles. The van der Waals surface area contributed by atoms with Gasteiger partial charge in [0.15, 0.2) is 5.96 Å². The Balaban J connectivity index is 1.54. The summed E-state index contributed by atoms with van der Waals surface area (Å²) in [5, 5.41) is 3.55. The van der Waals surface area contributed by atoms with Gasteiger partial charge in [-0.05, 0) is 23.8 Å². The van der Waals surface area contributed by atoms with E-state index < -0.39 is 0 Å². The van der Waals surface area contributed by atoms with Gasteiger partial charge >= 0.3 is 0 Å². The zero-order chi connectivity index (χ0) is 19.1. The maximum Gasteiger partial charge on any atom is 0.193 e. The molecule has 0 aromatic heterocycles. The molecular weight excluding hydrogens is 336 g/mol. The van der Waals surface area contributed by atoms with Crippen LogP contribution in [0.2, 0.25) is 0 Å². The van der Waals surface area contributed by atoms with Gasteiger partial charge in [0.1, 0.15) is 5.75 Å². The molecule has 27 heavy (non-hydrogen) atoms. The first-order valence-electron chi connectivity index (χ1n) is 9.61. The van der Waals surface area contributed by atoms with Crippen LogP contribution in [-0.4, -0.2) is 57.7 Å². The molecule has 3 rings (SSSR count). The summed E-state index contributed by atoms with van der Waals surface area (Å²) in [4.78, 5) is 9.27. The Hall–Kier alpha value is -2.69. The minimum atomic E-state index is 0.337. The monoisotopic (exact) mass is 366 g/mol. The average molecular weight is 367 g/mol. The van der Waals surface area contributed by atoms with Crippen molar-refractivity contribution in [3.05, 3.63) is 60.2 Å². The van der Waals surface area contributed by atoms with Gasteiger partial charge in [-0.15, -0.1) is 0 Å². The number of methoxy groups -OCH3 is 1. The van der Waals surface area contributed by atoms with Crippen molar-refractivity contribution in [2.24, 2.45) is 4.99 Å². The van der Waals surface area contributed by atoms with E-state index in [4.69, 9.17) is 4.74 Å². The van der Waals surface area contributed by atoms with Gasteiger partial charge in [0.05, 0.1) is 7.11 Å². The van der Waals surface area contributed by atoms with E-state index in [9.17, 15) is 0 Å². The highest BCUT2D eigenvalue weighted by molar-refractivity contribution is 5.80. The number of guanidine groups is 1. The van der Waals surface area contributed by atoms with Gasteiger partial charge in [-0.2, -0.15) is 0 Å². The smallest absolute Gasteiger partial charge is 0.193 e. The van der Waals surface area contributed by atoms with E-state index in [1.807, 2.05) is 19.2 Å². The number of anilines is 1. The summed E-state index contributed by atoms with van der Waals surface area (Å²) in [7, 11) is 3.59. The molecule has 0 aliphatic carbocycles. The number of aliphatic imine (C=N–C) groups is 1. The molecule has 0 bridgehead atoms. The topological polar surface area (TPSA) is 40.1 Å². The Bertz CT molecular complexity index is 739. The molecule has 1 atom stereocenters. The molecule has 1 saturated heterocycles. The molecule has 1 fully saturated rings. The predicted molar refractivity (Wildman–Crippen MR) is 113 cm³/mol. The number of benzene rings is 2. The van der Waals surface area contributed by atoms with Crippen LogP contribution in [0.5, 0.6) is 5.75 Å². The summed E-state index contributed by atoms with van der Waals surface area (Å²) in [6, 6.07) is 18.8. The van der Waals surface area contributed by atoms with Gasteiger partial charge in [-0.3, -0.25) is 4.99 Å². The van der Waals surface area contributed by atoms with Gasteiger partial charge in [-0.1, -0.05) is 43.3 Å². The SMILES string of the molecule is CN=C(NCC(C)c1ccccc1OC)N1CCN(c2ccccc2)CC1. The number of hydrogen-bond donors (Lipinski definition) is 1. The Kier molecular flexibility index (Phi) is 6.58. The molecule has 1 aliphatic rings. The van der Waals surface area contributed by atoms with Gasteiger partial charge in [-0.25, -0.2) is 0 Å². The first kappa shape index (κ1) is 19.1. The van der Waals surface area contributed by atoms with Crippen LogP contribution in [0.15, 0.2) is 59.6 Å². The third-order valence-electron chi connectivity index (χ3n) is 5.15. The number of ether oxygens (including phenoxy) is 1. The third-order valence-corrected chi connectivity index (χ3v) is 5.15. The Labute approximate surface area is 162 Å². The summed E-state index contributed by atoms with van der Waals surface area (Å²) >= 11 is 0. The molecule has 0 radical (unpaired) electrons. The number of rotatable bonds is 5. The van der Waals surface area contributed by atoms with Crippen molar-refractivity contribution in [3.63, 3.8) is 0 Å². The van der Waals surface area contributed by atoms with Crippen molar-refractivity contribution in [2.75, 3.05) is 51.8 Å². The second-order valence-corrected chi connectivity index (χ2v) is 6.88. The Morgan fingerprint density at radius 1 is 1.04 bits per heavy atom. The molecule has 144 valence electrons. The van der Waals surface area contributed by atoms with Crippen LogP contribution >= 0.6 is 0 Å². The lowest BCUT2D eigenvalue weighted by molar-refractivity contribution is 0.371. The summed E-state index contributed by atoms with van der Waals surface area (Å²) < 4.78 is 5.50. The van der Waals surface area contributed by atoms with E-state index in [0.717, 1.165) is 44.4 Å². The van der Waals surface area contributed by atoms with Crippen molar-refractivity contribution in [1.29, 1.82) is 0 Å². The van der Waals surface area contributed by atoms with Crippen molar-refractivity contribution < 1.29 is 4.74 Å². The predicted octanol–water partition coefficient (Wildman–Crippen LogP) is 3.20. The molecule has 5 nitrogen and oxygen atoms in total. The highest BCUT2D eigenvalue weighted by atomic mass is 16.5. The molecule has 2 aromatic carbocycles. The first-order valence-corrected chi connectivity index (χ1v) is 9.61. The Morgan fingerprint density at radius 2 is 1.70 bits per heavy atom. The van der Waals surface area contributed by atoms with Gasteiger partial charge < -0.3 is 19.9 Å². The maximum atomic E-state index is 5.50. The van der Waals surface area contributed by atoms with Crippen molar-refractivity contribution in [1.82, 2.24) is 10.2 Å². The highest BCUT2D eigenvalue weighted by Crippen LogP contribution is 2.25. The lowest BCUT2D eigenvalue weighted by Gasteiger charge is -2.38. The summed E-state index contributed by atoms with van der Waals surface area (Å²) in [5.74, 6) is 2.26. The van der Waals surface area contributed by atoms with E-state index in [1.165, 1.54) is 11.3 Å². The first-order chi connectivity index (χ1) is 13.2. The molecule has 1 N–H and O–H groups in total. The molecule has 1 aliphatic heterocycles. The van der Waals surface area contributed by atoms with E-state index in [0.29, 0.717) is 5.92 Å². The minimum Gasteiger partial charge on any atom is -0.496 e. The third kappa shape index (κ3) is 4.73. The van der Waals surface area contributed by atoms with Gasteiger partial charge in [0.25, 0.3) is 0 Å². The summed E-state index contributed by atoms with van der Waals surface area (Å²) in [6.07, 6.45) is 0. The quantitative estimate of drug-likeness (QED) is 0.652. The van der Waals surface area contributed by atoms with Gasteiger partial charge in [0, 0.05) is 51.4 Å². The fourth-order valence-electron chi connectivity index (χ4n) is 3.58. The van der Waals surface area contributed by atoms with Crippen LogP contribution in [0, 0.1) is 0 Å². The van der Waals surface area contributed by atoms with Gasteiger partial charge in [0.2, 0.25) is 0 Å². The van der Waals surface area contributed by atoms with E-state index in [2.05, 4.69) is 69.5 Å². The second kappa shape index (κ2) is 9.31. The maximum absolute atomic E-state index is 5.50. The highest BCUT2D eigenvalue weighted by Gasteiger charge is 2.20. The van der Waals surface area contributed by atoms with Crippen LogP contribution in [-0.2, 0) is 0 Å². The molecular formula is C22H30N4O. The molecule has 1 unspecified atom stereocenters. The standard InChI is InChI=1S/C22H30N4O/c1-18(20-11-7-8-12-21(20)27-3)17-24-22(23-2)26-15-13-25(14-16-26)19-9-5-4-6-10-19/h4-12,18H,13-17H2,1-3H3,(H,23,24). The molecule has 0 amide bonds. The number of nitrogens with zero attached hydrogens (tertiary/aromatic N) is 3. The van der Waals surface area contributed by atoms with Crippen molar-refractivity contribution in [2.45, 2.75) is 12.8 Å². The fraction of sp³-hybridized carbons (Fsp3) is 0.409. The lowest BCUT2D eigenvalue weighted by Crippen LogP contribution is -2.53. The van der Waals surface area contributed by atoms with Crippen molar-refractivity contribution in [3.8, 4) is 5.75 Å². The largest absolute Gasteiger partial charge is 0.496 e. The normalized spacial score (nSPS) is 16.2. The van der Waals surface area contributed by atoms with Crippen LogP contribution in [0.1, 0.15) is 18.4 Å². The zero-order valence-corrected chi connectivity index (χ0v) is 16.6. The molecule has 5 heteroatoms. The molecule has 2 aromatic rings. The minimum absolute atomic E-state index is 0.337. The van der Waals surface area contributed by atoms with Crippen LogP contribution < -0.4 is 15.0 Å². The number of piperazine rings is 1. The Morgan fingerprint density at radius 3 is 2.37 bits per heavy atom. The summed E-state index contributed by atoms with van der Waals surface area (Å²) in [5.41, 5.74) is 2.52. The summed E-state index contributed by atoms with van der Waals surface area (Å²) in [6.45, 7) is 6.99. The van der Waals surface area contributed by atoms with Crippen LogP contribution in [0.3, 0.4) is 0 Å². The number of para-hydroxylation sites is 2. The number of nitrogens with one attached hydrogen (secondary N) is 1. The average Bonchev–Trinajstić information content (AvgIpc) is 2.75. The lowest BCUT2D eigenvalue weighted by atomic mass is 10.0. The van der Waals surface area contributed by atoms with Crippen LogP contribution in [0.4, 0.5) is 5.69 Å². The van der Waals surface area contributed by atoms with E-state index >= 15 is 0 Å².